The van der Waals surface area contributed by atoms with Gasteiger partial charge in [0.1, 0.15) is 4.90 Å². The van der Waals surface area contributed by atoms with Crippen molar-refractivity contribution in [3.63, 3.8) is 0 Å². The zero-order chi connectivity index (χ0) is 16.6. The predicted molar refractivity (Wildman–Crippen MR) is 86.6 cm³/mol. The monoisotopic (exact) mass is 338 g/mol. The van der Waals surface area contributed by atoms with Crippen molar-refractivity contribution in [3.05, 3.63) is 18.0 Å². The highest BCUT2D eigenvalue weighted by molar-refractivity contribution is 7.89. The van der Waals surface area contributed by atoms with Crippen LogP contribution in [0.4, 0.5) is 0 Å². The number of hydrogen-bond acceptors (Lipinski definition) is 5. The van der Waals surface area contributed by atoms with E-state index in [-0.39, 0.29) is 17.0 Å². The zero-order valence-electron chi connectivity index (χ0n) is 13.6. The fourth-order valence-corrected chi connectivity index (χ4v) is 4.41. The summed E-state index contributed by atoms with van der Waals surface area (Å²) in [5.74, 6) is 0. The first-order valence-electron chi connectivity index (χ1n) is 7.75. The average Bonchev–Trinajstić information content (AvgIpc) is 2.82. The van der Waals surface area contributed by atoms with Crippen LogP contribution in [-0.2, 0) is 21.8 Å². The van der Waals surface area contributed by atoms with E-state index < -0.39 is 10.0 Å². The lowest BCUT2D eigenvalue weighted by molar-refractivity contribution is 0.0649. The number of fused-ring (bicyclic) bond motifs is 1. The summed E-state index contributed by atoms with van der Waals surface area (Å²) in [5.41, 5.74) is 1.45. The first-order chi connectivity index (χ1) is 10.9. The van der Waals surface area contributed by atoms with E-state index in [4.69, 9.17) is 4.74 Å². The van der Waals surface area contributed by atoms with Gasteiger partial charge in [-0.2, -0.15) is 5.10 Å². The Kier molecular flexibility index (Phi) is 4.39. The van der Waals surface area contributed by atoms with E-state index in [0.717, 1.165) is 36.8 Å². The number of sulfonamides is 1. The largest absolute Gasteiger partial charge is 0.381 e. The molecule has 1 fully saturated rings. The topological polar surface area (TPSA) is 86.1 Å². The molecule has 0 amide bonds. The second kappa shape index (κ2) is 6.18. The molecule has 126 valence electrons. The van der Waals surface area contributed by atoms with Crippen molar-refractivity contribution >= 4 is 21.1 Å². The molecule has 0 radical (unpaired) electrons. The van der Waals surface area contributed by atoms with Crippen LogP contribution < -0.4 is 4.72 Å². The molecule has 23 heavy (non-hydrogen) atoms. The van der Waals surface area contributed by atoms with Crippen LogP contribution in [0.15, 0.2) is 17.2 Å². The lowest BCUT2D eigenvalue weighted by Gasteiger charge is -2.27. The fraction of sp³-hybridized carbons (Fsp3) is 0.600. The molecule has 0 aromatic carbocycles. The molecule has 8 heteroatoms. The van der Waals surface area contributed by atoms with Crippen molar-refractivity contribution in [2.75, 3.05) is 7.11 Å². The van der Waals surface area contributed by atoms with Gasteiger partial charge in [-0.15, -0.1) is 0 Å². The molecule has 0 atom stereocenters. The Labute approximate surface area is 136 Å². The molecule has 3 rings (SSSR count). The third-order valence-electron chi connectivity index (χ3n) is 4.48. The molecule has 1 aliphatic rings. The van der Waals surface area contributed by atoms with Crippen LogP contribution in [-0.4, -0.2) is 42.4 Å². The van der Waals surface area contributed by atoms with Crippen LogP contribution in [0, 0.1) is 6.92 Å². The van der Waals surface area contributed by atoms with Gasteiger partial charge in [-0.1, -0.05) is 0 Å². The number of nitrogens with one attached hydrogen (secondary N) is 1. The van der Waals surface area contributed by atoms with E-state index >= 15 is 0 Å². The van der Waals surface area contributed by atoms with Gasteiger partial charge in [-0.3, -0.25) is 4.68 Å². The summed E-state index contributed by atoms with van der Waals surface area (Å²) in [4.78, 5) is 4.44. The number of methoxy groups -OCH3 is 1. The maximum absolute atomic E-state index is 12.6. The molecule has 1 saturated carbocycles. The summed E-state index contributed by atoms with van der Waals surface area (Å²) in [6.07, 6.45) is 4.98. The maximum atomic E-state index is 12.6. The molecule has 0 saturated heterocycles. The minimum Gasteiger partial charge on any atom is -0.381 e. The van der Waals surface area contributed by atoms with Gasteiger partial charge in [0.05, 0.1) is 11.8 Å². The fourth-order valence-electron chi connectivity index (χ4n) is 3.14. The number of hydrogen-bond donors (Lipinski definition) is 1. The van der Waals surface area contributed by atoms with Gasteiger partial charge in [0.2, 0.25) is 10.0 Å². The Morgan fingerprint density at radius 2 is 2.00 bits per heavy atom. The minimum absolute atomic E-state index is 0.0444. The average molecular weight is 338 g/mol. The summed E-state index contributed by atoms with van der Waals surface area (Å²) in [7, 11) is -0.0781. The molecule has 0 spiro atoms. The van der Waals surface area contributed by atoms with Crippen molar-refractivity contribution in [1.82, 2.24) is 19.5 Å². The number of ether oxygens (including phenoxy) is 1. The Morgan fingerprint density at radius 1 is 1.30 bits per heavy atom. The summed E-state index contributed by atoms with van der Waals surface area (Å²) in [6.45, 7) is 1.85. The van der Waals surface area contributed by atoms with Crippen LogP contribution in [0.2, 0.25) is 0 Å². The van der Waals surface area contributed by atoms with Crippen LogP contribution in [0.1, 0.15) is 31.4 Å². The molecule has 1 N–H and O–H groups in total. The molecule has 2 aromatic rings. The summed E-state index contributed by atoms with van der Waals surface area (Å²) >= 11 is 0. The van der Waals surface area contributed by atoms with Crippen molar-refractivity contribution in [2.24, 2.45) is 7.05 Å². The van der Waals surface area contributed by atoms with E-state index in [1.54, 1.807) is 24.9 Å². The standard InChI is InChI=1S/C15H22N4O3S/c1-10-14-8-13(9-16-15(14)19(2)17-10)23(20,21)18-11-4-6-12(22-3)7-5-11/h8-9,11-12,18H,4-7H2,1-3H3. The second-order valence-electron chi connectivity index (χ2n) is 6.08. The third-order valence-corrected chi connectivity index (χ3v) is 5.97. The number of rotatable bonds is 4. The number of aromatic nitrogens is 3. The van der Waals surface area contributed by atoms with Crippen molar-refractivity contribution in [1.29, 1.82) is 0 Å². The molecular weight excluding hydrogens is 316 g/mol. The Morgan fingerprint density at radius 3 is 2.65 bits per heavy atom. The summed E-state index contributed by atoms with van der Waals surface area (Å²) < 4.78 is 35.0. The third kappa shape index (κ3) is 3.24. The van der Waals surface area contributed by atoms with Crippen LogP contribution in [0.5, 0.6) is 0 Å². The molecule has 2 aromatic heterocycles. The van der Waals surface area contributed by atoms with Crippen LogP contribution in [0.3, 0.4) is 0 Å². The molecule has 2 heterocycles. The van der Waals surface area contributed by atoms with Gasteiger partial charge < -0.3 is 4.74 Å². The molecule has 0 unspecified atom stereocenters. The normalized spacial score (nSPS) is 22.6. The number of nitrogens with zero attached hydrogens (tertiary/aromatic N) is 3. The van der Waals surface area contributed by atoms with E-state index in [0.29, 0.717) is 5.65 Å². The van der Waals surface area contributed by atoms with E-state index in [1.807, 2.05) is 6.92 Å². The van der Waals surface area contributed by atoms with Crippen LogP contribution >= 0.6 is 0 Å². The van der Waals surface area contributed by atoms with Gasteiger partial charge >= 0.3 is 0 Å². The lowest BCUT2D eigenvalue weighted by Crippen LogP contribution is -2.38. The van der Waals surface area contributed by atoms with Crippen molar-refractivity contribution in [3.8, 4) is 0 Å². The quantitative estimate of drug-likeness (QED) is 0.913. The molecule has 0 aliphatic heterocycles. The highest BCUT2D eigenvalue weighted by atomic mass is 32.2. The number of aryl methyl sites for hydroxylation is 2. The van der Waals surface area contributed by atoms with E-state index in [1.165, 1.54) is 6.20 Å². The van der Waals surface area contributed by atoms with Gasteiger partial charge in [0, 0.05) is 31.8 Å². The summed E-state index contributed by atoms with van der Waals surface area (Å²) in [5, 5.41) is 5.03. The van der Waals surface area contributed by atoms with Gasteiger partial charge in [0.25, 0.3) is 0 Å². The SMILES string of the molecule is COC1CCC(NS(=O)(=O)c2cnc3c(c2)c(C)nn3C)CC1. The minimum atomic E-state index is -3.57. The first kappa shape index (κ1) is 16.4. The first-order valence-corrected chi connectivity index (χ1v) is 9.23. The Hall–Kier alpha value is -1.51. The van der Waals surface area contributed by atoms with Crippen molar-refractivity contribution in [2.45, 2.75) is 49.6 Å². The van der Waals surface area contributed by atoms with E-state index in [2.05, 4.69) is 14.8 Å². The smallest absolute Gasteiger partial charge is 0.242 e. The Balaban J connectivity index is 1.81. The highest BCUT2D eigenvalue weighted by Crippen LogP contribution is 2.23. The maximum Gasteiger partial charge on any atom is 0.242 e. The van der Waals surface area contributed by atoms with Crippen molar-refractivity contribution < 1.29 is 13.2 Å². The van der Waals surface area contributed by atoms with Gasteiger partial charge in [-0.25, -0.2) is 18.1 Å². The predicted octanol–water partition coefficient (Wildman–Crippen LogP) is 1.51. The molecular formula is C15H22N4O3S. The molecule has 7 nitrogen and oxygen atoms in total. The summed E-state index contributed by atoms with van der Waals surface area (Å²) in [6, 6.07) is 1.60. The highest BCUT2D eigenvalue weighted by Gasteiger charge is 2.26. The zero-order valence-corrected chi connectivity index (χ0v) is 14.4. The molecule has 1 aliphatic carbocycles. The van der Waals surface area contributed by atoms with E-state index in [9.17, 15) is 8.42 Å². The lowest BCUT2D eigenvalue weighted by atomic mass is 9.94. The second-order valence-corrected chi connectivity index (χ2v) is 7.80. The van der Waals surface area contributed by atoms with Gasteiger partial charge in [-0.05, 0) is 38.7 Å². The molecule has 0 bridgehead atoms. The Bertz CT molecular complexity index is 807. The van der Waals surface area contributed by atoms with Crippen LogP contribution in [0.25, 0.3) is 11.0 Å². The van der Waals surface area contributed by atoms with Gasteiger partial charge in [0.15, 0.2) is 5.65 Å². The number of pyridine rings is 1.